The number of carbonyl (C=O) groups excluding carboxylic acids is 1. The van der Waals surface area contributed by atoms with Crippen LogP contribution in [0.2, 0.25) is 10.0 Å². The monoisotopic (exact) mass is 487 g/mol. The number of halogens is 2. The summed E-state index contributed by atoms with van der Waals surface area (Å²) in [5.74, 6) is 0.0418. The molecule has 34 heavy (non-hydrogen) atoms. The largest absolute Gasteiger partial charge is 0.369 e. The number of nitrogens with zero attached hydrogens (tertiary/aromatic N) is 3. The number of carbonyl (C=O) groups is 1. The molecule has 0 radical (unpaired) electrons. The molecule has 8 heteroatoms. The Labute approximate surface area is 206 Å². The van der Waals surface area contributed by atoms with E-state index in [1.54, 1.807) is 6.20 Å². The van der Waals surface area contributed by atoms with Gasteiger partial charge in [-0.05, 0) is 35.9 Å². The van der Waals surface area contributed by atoms with Gasteiger partial charge in [-0.1, -0.05) is 59.6 Å². The van der Waals surface area contributed by atoms with E-state index in [2.05, 4.69) is 10.3 Å². The van der Waals surface area contributed by atoms with Crippen molar-refractivity contribution in [2.24, 2.45) is 10.7 Å². The van der Waals surface area contributed by atoms with E-state index in [0.717, 1.165) is 44.9 Å². The Morgan fingerprint density at radius 1 is 0.971 bits per heavy atom. The molecule has 0 saturated heterocycles. The molecule has 0 unspecified atom stereocenters. The maximum absolute atomic E-state index is 11.3. The first-order valence-corrected chi connectivity index (χ1v) is 11.3. The highest BCUT2D eigenvalue weighted by molar-refractivity contribution is 6.36. The number of amides is 1. The topological polar surface area (TPSA) is 93.3 Å². The third-order valence-electron chi connectivity index (χ3n) is 5.45. The van der Waals surface area contributed by atoms with E-state index in [1.165, 1.54) is 0 Å². The summed E-state index contributed by atoms with van der Waals surface area (Å²) in [6.45, 7) is 0.399. The van der Waals surface area contributed by atoms with Crippen LogP contribution >= 0.6 is 23.2 Å². The molecular weight excluding hydrogens is 469 g/mol. The first-order valence-electron chi connectivity index (χ1n) is 10.6. The fraction of sp³-hybridized carbons (Fsp3) is 0.0769. The van der Waals surface area contributed by atoms with E-state index in [9.17, 15) is 4.79 Å². The van der Waals surface area contributed by atoms with Gasteiger partial charge in [-0.3, -0.25) is 9.79 Å². The van der Waals surface area contributed by atoms with Crippen molar-refractivity contribution in [2.45, 2.75) is 13.0 Å². The molecule has 0 bridgehead atoms. The van der Waals surface area contributed by atoms with Gasteiger partial charge in [-0.15, -0.1) is 0 Å². The highest BCUT2D eigenvalue weighted by atomic mass is 35.5. The Balaban J connectivity index is 1.56. The van der Waals surface area contributed by atoms with Crippen LogP contribution in [-0.4, -0.2) is 21.6 Å². The highest BCUT2D eigenvalue weighted by Crippen LogP contribution is 2.35. The lowest BCUT2D eigenvalue weighted by molar-refractivity contribution is -0.117. The Morgan fingerprint density at radius 2 is 1.82 bits per heavy atom. The van der Waals surface area contributed by atoms with Crippen molar-refractivity contribution in [3.63, 3.8) is 0 Å². The van der Waals surface area contributed by atoms with Crippen molar-refractivity contribution in [1.82, 2.24) is 9.97 Å². The minimum absolute atomic E-state index is 0.164. The third kappa shape index (κ3) is 4.51. The van der Waals surface area contributed by atoms with Crippen LogP contribution < -0.4 is 11.1 Å². The molecule has 0 spiro atoms. The van der Waals surface area contributed by atoms with E-state index in [0.29, 0.717) is 22.5 Å². The molecule has 1 amide bonds. The molecule has 2 heterocycles. The van der Waals surface area contributed by atoms with Gasteiger partial charge in [0.05, 0.1) is 24.4 Å². The lowest BCUT2D eigenvalue weighted by Gasteiger charge is -2.13. The van der Waals surface area contributed by atoms with E-state index >= 15 is 0 Å². The van der Waals surface area contributed by atoms with Gasteiger partial charge >= 0.3 is 0 Å². The van der Waals surface area contributed by atoms with E-state index < -0.39 is 0 Å². The van der Waals surface area contributed by atoms with Crippen molar-refractivity contribution in [2.75, 3.05) is 5.32 Å². The predicted molar refractivity (Wildman–Crippen MR) is 136 cm³/mol. The van der Waals surface area contributed by atoms with Crippen LogP contribution in [0.5, 0.6) is 0 Å². The van der Waals surface area contributed by atoms with Crippen molar-refractivity contribution in [1.29, 1.82) is 0 Å². The molecule has 5 rings (SSSR count). The molecule has 1 aliphatic heterocycles. The average molecular weight is 488 g/mol. The summed E-state index contributed by atoms with van der Waals surface area (Å²) in [7, 11) is 0. The van der Waals surface area contributed by atoms with Crippen molar-refractivity contribution in [3.8, 4) is 11.3 Å². The standard InChI is InChI=1S/C26H19Cl2N5O/c27-17-8-9-19-21(12-17)25(20-6-1-2-7-22(20)28)30-13-16-14-31-26(33-24(16)19)32-18-5-3-4-15(10-18)11-23(29)34/h1-10,12,14H,11,13H2,(H2,29,34)(H,31,32,33). The number of hydrogen-bond donors (Lipinski definition) is 2. The molecule has 1 aliphatic rings. The molecule has 0 fully saturated rings. The fourth-order valence-electron chi connectivity index (χ4n) is 3.96. The summed E-state index contributed by atoms with van der Waals surface area (Å²) in [5.41, 5.74) is 11.9. The molecule has 0 aliphatic carbocycles. The SMILES string of the molecule is NC(=O)Cc1cccc(Nc2ncc3c(n2)-c2ccc(Cl)cc2C(c2ccccc2Cl)=NC3)c1. The zero-order chi connectivity index (χ0) is 23.7. The number of aromatic nitrogens is 2. The molecule has 4 aromatic rings. The number of rotatable bonds is 5. The Morgan fingerprint density at radius 3 is 2.65 bits per heavy atom. The Kier molecular flexibility index (Phi) is 6.01. The minimum atomic E-state index is -0.386. The molecule has 1 aromatic heterocycles. The van der Waals surface area contributed by atoms with Gasteiger partial charge in [0, 0.05) is 44.2 Å². The van der Waals surface area contributed by atoms with E-state index in [1.807, 2.05) is 66.7 Å². The van der Waals surface area contributed by atoms with Crippen LogP contribution in [0.25, 0.3) is 11.3 Å². The van der Waals surface area contributed by atoms with Crippen LogP contribution in [0.4, 0.5) is 11.6 Å². The number of fused-ring (bicyclic) bond motifs is 3. The zero-order valence-electron chi connectivity index (χ0n) is 17.9. The van der Waals surface area contributed by atoms with Crippen molar-refractivity contribution < 1.29 is 4.79 Å². The van der Waals surface area contributed by atoms with Crippen molar-refractivity contribution >= 4 is 46.5 Å². The van der Waals surface area contributed by atoms with E-state index in [-0.39, 0.29) is 12.3 Å². The number of nitrogens with one attached hydrogen (secondary N) is 1. The first kappa shape index (κ1) is 22.1. The number of primary amides is 1. The Bertz CT molecular complexity index is 1450. The second-order valence-electron chi connectivity index (χ2n) is 7.87. The number of nitrogens with two attached hydrogens (primary N) is 1. The maximum Gasteiger partial charge on any atom is 0.227 e. The second-order valence-corrected chi connectivity index (χ2v) is 8.71. The van der Waals surface area contributed by atoms with Gasteiger partial charge < -0.3 is 11.1 Å². The maximum atomic E-state index is 11.3. The second kappa shape index (κ2) is 9.25. The number of benzene rings is 3. The van der Waals surface area contributed by atoms with Crippen LogP contribution in [0, 0.1) is 0 Å². The van der Waals surface area contributed by atoms with Gasteiger partial charge in [-0.25, -0.2) is 9.97 Å². The number of aliphatic imine (C=N–C) groups is 1. The lowest BCUT2D eigenvalue weighted by atomic mass is 9.95. The molecule has 0 saturated carbocycles. The van der Waals surface area contributed by atoms with Crippen LogP contribution in [0.15, 0.2) is 77.9 Å². The summed E-state index contributed by atoms with van der Waals surface area (Å²) in [4.78, 5) is 25.4. The number of hydrogen-bond acceptors (Lipinski definition) is 5. The summed E-state index contributed by atoms with van der Waals surface area (Å²) < 4.78 is 0. The fourth-order valence-corrected chi connectivity index (χ4v) is 4.35. The van der Waals surface area contributed by atoms with Gasteiger partial charge in [0.1, 0.15) is 0 Å². The van der Waals surface area contributed by atoms with Gasteiger partial charge in [0.15, 0.2) is 0 Å². The highest BCUT2D eigenvalue weighted by Gasteiger charge is 2.22. The minimum Gasteiger partial charge on any atom is -0.369 e. The van der Waals surface area contributed by atoms with Crippen LogP contribution in [0.3, 0.4) is 0 Å². The van der Waals surface area contributed by atoms with Crippen LogP contribution in [-0.2, 0) is 17.8 Å². The van der Waals surface area contributed by atoms with Gasteiger partial charge in [-0.2, -0.15) is 0 Å². The van der Waals surface area contributed by atoms with E-state index in [4.69, 9.17) is 38.9 Å². The molecule has 0 atom stereocenters. The smallest absolute Gasteiger partial charge is 0.227 e. The van der Waals surface area contributed by atoms with Gasteiger partial charge in [0.2, 0.25) is 11.9 Å². The van der Waals surface area contributed by atoms with Crippen molar-refractivity contribution in [3.05, 3.63) is 105 Å². The summed E-state index contributed by atoms with van der Waals surface area (Å²) in [5, 5.41) is 4.43. The summed E-state index contributed by atoms with van der Waals surface area (Å²) in [6, 6.07) is 20.7. The lowest BCUT2D eigenvalue weighted by Crippen LogP contribution is -2.13. The molecule has 168 valence electrons. The molecular formula is C26H19Cl2N5O. The van der Waals surface area contributed by atoms with Gasteiger partial charge in [0.25, 0.3) is 0 Å². The number of anilines is 2. The van der Waals surface area contributed by atoms with Crippen LogP contribution in [0.1, 0.15) is 22.3 Å². The normalized spacial score (nSPS) is 12.2. The Hall–Kier alpha value is -3.74. The molecule has 6 nitrogen and oxygen atoms in total. The summed E-state index contributed by atoms with van der Waals surface area (Å²) in [6.07, 6.45) is 1.94. The zero-order valence-corrected chi connectivity index (χ0v) is 19.4. The first-order chi connectivity index (χ1) is 16.5. The average Bonchev–Trinajstić information content (AvgIpc) is 2.96. The third-order valence-corrected chi connectivity index (χ3v) is 6.02. The predicted octanol–water partition coefficient (Wildman–Crippen LogP) is 5.57. The summed E-state index contributed by atoms with van der Waals surface area (Å²) >= 11 is 12.9. The molecule has 3 N–H and O–H groups in total. The molecule has 3 aromatic carbocycles. The quantitative estimate of drug-likeness (QED) is 0.384.